The van der Waals surface area contributed by atoms with Crippen LogP contribution in [0.1, 0.15) is 25.3 Å². The summed E-state index contributed by atoms with van der Waals surface area (Å²) < 4.78 is 0. The average Bonchev–Trinajstić information content (AvgIpc) is 2.42. The summed E-state index contributed by atoms with van der Waals surface area (Å²) in [5.41, 5.74) is 6.66. The van der Waals surface area contributed by atoms with Gasteiger partial charge in [-0.2, -0.15) is 0 Å². The number of rotatable bonds is 8. The second kappa shape index (κ2) is 9.00. The molecule has 0 aliphatic carbocycles. The van der Waals surface area contributed by atoms with Crippen molar-refractivity contribution in [3.63, 3.8) is 0 Å². The third kappa shape index (κ3) is 6.07. The summed E-state index contributed by atoms with van der Waals surface area (Å²) in [6.07, 6.45) is 1.92. The molecule has 3 nitrogen and oxygen atoms in total. The second-order valence-corrected chi connectivity index (χ2v) is 5.55. The quantitative estimate of drug-likeness (QED) is 0.709. The smallest absolute Gasteiger partial charge is 0.232 e. The molecular formula is C14H22N2OS. The highest BCUT2D eigenvalue weighted by atomic mass is 32.2. The molecule has 0 radical (unpaired) electrons. The first kappa shape index (κ1) is 15.1. The van der Waals surface area contributed by atoms with Crippen LogP contribution in [0.25, 0.3) is 0 Å². The second-order valence-electron chi connectivity index (χ2n) is 4.23. The molecule has 0 aromatic heterocycles. The van der Waals surface area contributed by atoms with Gasteiger partial charge in [0, 0.05) is 12.3 Å². The maximum Gasteiger partial charge on any atom is 0.232 e. The van der Waals surface area contributed by atoms with Gasteiger partial charge < -0.3 is 11.1 Å². The van der Waals surface area contributed by atoms with E-state index in [1.54, 1.807) is 11.8 Å². The predicted molar refractivity (Wildman–Crippen MR) is 78.5 cm³/mol. The van der Waals surface area contributed by atoms with Crippen LogP contribution in [-0.4, -0.2) is 24.2 Å². The van der Waals surface area contributed by atoms with E-state index in [2.05, 4.69) is 17.4 Å². The van der Waals surface area contributed by atoms with Crippen molar-refractivity contribution >= 4 is 17.7 Å². The van der Waals surface area contributed by atoms with Crippen molar-refractivity contribution in [1.29, 1.82) is 0 Å². The maximum absolute atomic E-state index is 11.8. The van der Waals surface area contributed by atoms with Crippen molar-refractivity contribution in [3.05, 3.63) is 35.9 Å². The Morgan fingerprint density at radius 3 is 2.72 bits per heavy atom. The van der Waals surface area contributed by atoms with Gasteiger partial charge in [0.15, 0.2) is 0 Å². The molecule has 0 heterocycles. The van der Waals surface area contributed by atoms with E-state index in [1.807, 2.05) is 25.1 Å². The minimum atomic E-state index is -0.0110. The molecule has 1 unspecified atom stereocenters. The van der Waals surface area contributed by atoms with Gasteiger partial charge in [-0.05, 0) is 31.9 Å². The van der Waals surface area contributed by atoms with E-state index >= 15 is 0 Å². The maximum atomic E-state index is 11.8. The number of nitrogens with one attached hydrogen (secondary N) is 1. The third-order valence-corrected chi connectivity index (χ3v) is 3.86. The van der Waals surface area contributed by atoms with Crippen molar-refractivity contribution in [2.45, 2.75) is 30.8 Å². The topological polar surface area (TPSA) is 55.1 Å². The molecule has 100 valence electrons. The van der Waals surface area contributed by atoms with Gasteiger partial charge in [-0.3, -0.25) is 4.79 Å². The van der Waals surface area contributed by atoms with Gasteiger partial charge in [0.05, 0.1) is 5.25 Å². The Morgan fingerprint density at radius 2 is 2.06 bits per heavy atom. The lowest BCUT2D eigenvalue weighted by molar-refractivity contribution is -0.120. The van der Waals surface area contributed by atoms with Crippen LogP contribution in [0, 0.1) is 0 Å². The van der Waals surface area contributed by atoms with Crippen LogP contribution in [0.15, 0.2) is 30.3 Å². The van der Waals surface area contributed by atoms with Crippen LogP contribution in [0.2, 0.25) is 0 Å². The zero-order valence-corrected chi connectivity index (χ0v) is 11.7. The van der Waals surface area contributed by atoms with Gasteiger partial charge in [-0.15, -0.1) is 11.8 Å². The molecule has 1 atom stereocenters. The first-order valence-corrected chi connectivity index (χ1v) is 7.42. The summed E-state index contributed by atoms with van der Waals surface area (Å²) in [5.74, 6) is 0.992. The first-order valence-electron chi connectivity index (χ1n) is 6.37. The molecule has 18 heavy (non-hydrogen) atoms. The average molecular weight is 266 g/mol. The highest BCUT2D eigenvalue weighted by Gasteiger charge is 2.12. The first-order chi connectivity index (χ1) is 8.74. The van der Waals surface area contributed by atoms with Crippen molar-refractivity contribution in [2.75, 3.05) is 13.1 Å². The molecule has 1 aromatic rings. The molecule has 1 amide bonds. The van der Waals surface area contributed by atoms with E-state index in [9.17, 15) is 4.79 Å². The zero-order chi connectivity index (χ0) is 13.2. The Balaban J connectivity index is 2.19. The van der Waals surface area contributed by atoms with E-state index in [0.29, 0.717) is 6.54 Å². The Bertz CT molecular complexity index is 343. The number of thioether (sulfide) groups is 1. The van der Waals surface area contributed by atoms with Gasteiger partial charge in [-0.1, -0.05) is 30.3 Å². The number of amides is 1. The Morgan fingerprint density at radius 1 is 1.33 bits per heavy atom. The van der Waals surface area contributed by atoms with E-state index in [4.69, 9.17) is 5.73 Å². The van der Waals surface area contributed by atoms with Gasteiger partial charge >= 0.3 is 0 Å². The van der Waals surface area contributed by atoms with Crippen LogP contribution < -0.4 is 11.1 Å². The SMILES string of the molecule is CC(SCc1ccccc1)C(=O)NCCCCN. The standard InChI is InChI=1S/C14H22N2OS/c1-12(14(17)16-10-6-5-9-15)18-11-13-7-3-2-4-8-13/h2-4,7-8,12H,5-6,9-11,15H2,1H3,(H,16,17). The molecule has 0 spiro atoms. The van der Waals surface area contributed by atoms with E-state index in [1.165, 1.54) is 5.56 Å². The number of hydrogen-bond acceptors (Lipinski definition) is 3. The summed E-state index contributed by atoms with van der Waals surface area (Å²) in [6.45, 7) is 3.37. The number of carbonyl (C=O) groups excluding carboxylic acids is 1. The number of hydrogen-bond donors (Lipinski definition) is 2. The predicted octanol–water partition coefficient (Wildman–Crippen LogP) is 2.16. The Labute approximate surface area is 114 Å². The monoisotopic (exact) mass is 266 g/mol. The fraction of sp³-hybridized carbons (Fsp3) is 0.500. The normalized spacial score (nSPS) is 12.1. The number of unbranched alkanes of at least 4 members (excludes halogenated alkanes) is 1. The Kier molecular flexibility index (Phi) is 7.53. The van der Waals surface area contributed by atoms with E-state index in [0.717, 1.165) is 25.1 Å². The fourth-order valence-electron chi connectivity index (χ4n) is 1.50. The van der Waals surface area contributed by atoms with Crippen molar-refractivity contribution in [2.24, 2.45) is 5.73 Å². The Hall–Kier alpha value is -1.00. The molecule has 0 fully saturated rings. The molecule has 4 heteroatoms. The van der Waals surface area contributed by atoms with E-state index in [-0.39, 0.29) is 11.2 Å². The molecule has 0 aliphatic heterocycles. The number of nitrogens with two attached hydrogens (primary N) is 1. The van der Waals surface area contributed by atoms with Crippen molar-refractivity contribution < 1.29 is 4.79 Å². The third-order valence-electron chi connectivity index (χ3n) is 2.64. The van der Waals surface area contributed by atoms with Crippen molar-refractivity contribution in [1.82, 2.24) is 5.32 Å². The van der Waals surface area contributed by atoms with Gasteiger partial charge in [-0.25, -0.2) is 0 Å². The number of carbonyl (C=O) groups is 1. The fourth-order valence-corrected chi connectivity index (χ4v) is 2.37. The van der Waals surface area contributed by atoms with Crippen LogP contribution in [0.4, 0.5) is 0 Å². The molecule has 0 bridgehead atoms. The summed E-state index contributed by atoms with van der Waals surface area (Å²) in [6, 6.07) is 10.2. The summed E-state index contributed by atoms with van der Waals surface area (Å²) in [7, 11) is 0. The summed E-state index contributed by atoms with van der Waals surface area (Å²) in [5, 5.41) is 2.93. The highest BCUT2D eigenvalue weighted by molar-refractivity contribution is 7.99. The lowest BCUT2D eigenvalue weighted by Gasteiger charge is -2.11. The minimum Gasteiger partial charge on any atom is -0.355 e. The van der Waals surface area contributed by atoms with Crippen LogP contribution in [0.5, 0.6) is 0 Å². The summed E-state index contributed by atoms with van der Waals surface area (Å²) in [4.78, 5) is 11.8. The molecule has 0 saturated heterocycles. The van der Waals surface area contributed by atoms with Crippen LogP contribution in [0.3, 0.4) is 0 Å². The molecule has 0 saturated carbocycles. The highest BCUT2D eigenvalue weighted by Crippen LogP contribution is 2.17. The number of benzene rings is 1. The molecule has 1 rings (SSSR count). The molecular weight excluding hydrogens is 244 g/mol. The molecule has 1 aromatic carbocycles. The van der Waals surface area contributed by atoms with E-state index < -0.39 is 0 Å². The van der Waals surface area contributed by atoms with Gasteiger partial charge in [0.2, 0.25) is 5.91 Å². The van der Waals surface area contributed by atoms with Crippen LogP contribution in [-0.2, 0) is 10.5 Å². The lowest BCUT2D eigenvalue weighted by Crippen LogP contribution is -2.31. The van der Waals surface area contributed by atoms with Crippen LogP contribution >= 0.6 is 11.8 Å². The van der Waals surface area contributed by atoms with Crippen molar-refractivity contribution in [3.8, 4) is 0 Å². The lowest BCUT2D eigenvalue weighted by atomic mass is 10.2. The molecule has 3 N–H and O–H groups in total. The molecule has 0 aliphatic rings. The summed E-state index contributed by atoms with van der Waals surface area (Å²) >= 11 is 1.66. The minimum absolute atomic E-state index is 0.0110. The zero-order valence-electron chi connectivity index (χ0n) is 10.9. The van der Waals surface area contributed by atoms with Gasteiger partial charge in [0.25, 0.3) is 0 Å². The largest absolute Gasteiger partial charge is 0.355 e. The van der Waals surface area contributed by atoms with Gasteiger partial charge in [0.1, 0.15) is 0 Å².